The van der Waals surface area contributed by atoms with E-state index in [2.05, 4.69) is 10.3 Å². The van der Waals surface area contributed by atoms with Crippen molar-refractivity contribution >= 4 is 21.4 Å². The van der Waals surface area contributed by atoms with Crippen LogP contribution in [0.25, 0.3) is 11.3 Å². The number of nitrogens with two attached hydrogens (primary N) is 1. The molecule has 5 nitrogen and oxygen atoms in total. The average molecular weight is 311 g/mol. The van der Waals surface area contributed by atoms with Gasteiger partial charge in [0.15, 0.2) is 0 Å². The third-order valence-electron chi connectivity index (χ3n) is 2.72. The van der Waals surface area contributed by atoms with Crippen LogP contribution in [0, 0.1) is 0 Å². The Balaban J connectivity index is 2.37. The summed E-state index contributed by atoms with van der Waals surface area (Å²) in [6, 6.07) is 9.76. The highest BCUT2D eigenvalue weighted by atomic mass is 32.2. The maximum absolute atomic E-state index is 11.2. The molecule has 108 valence electrons. The first kappa shape index (κ1) is 15.1. The molecule has 0 bridgehead atoms. The molecule has 1 aromatic carbocycles. The molecule has 2 aromatic rings. The summed E-state index contributed by atoms with van der Waals surface area (Å²) in [6.45, 7) is 0.816. The Bertz CT molecular complexity index is 666. The molecular weight excluding hydrogens is 294 g/mol. The van der Waals surface area contributed by atoms with E-state index in [0.717, 1.165) is 29.1 Å². The lowest BCUT2D eigenvalue weighted by Gasteiger charge is -2.01. The van der Waals surface area contributed by atoms with Crippen molar-refractivity contribution in [1.82, 2.24) is 10.3 Å². The summed E-state index contributed by atoms with van der Waals surface area (Å²) >= 11 is 1.41. The van der Waals surface area contributed by atoms with Crippen molar-refractivity contribution in [2.45, 2.75) is 12.2 Å². The Morgan fingerprint density at radius 1 is 1.30 bits per heavy atom. The van der Waals surface area contributed by atoms with Gasteiger partial charge in [-0.25, -0.2) is 18.5 Å². The molecule has 2 rings (SSSR count). The average Bonchev–Trinajstić information content (AvgIpc) is 2.78. The molecule has 0 aliphatic carbocycles. The van der Waals surface area contributed by atoms with Crippen LogP contribution in [0.15, 0.2) is 30.3 Å². The summed E-state index contributed by atoms with van der Waals surface area (Å²) in [6.07, 6.45) is 0.809. The number of benzene rings is 1. The Labute approximate surface area is 122 Å². The van der Waals surface area contributed by atoms with Crippen molar-refractivity contribution in [3.05, 3.63) is 40.2 Å². The number of nitrogens with one attached hydrogen (secondary N) is 1. The zero-order valence-corrected chi connectivity index (χ0v) is 12.8. The third kappa shape index (κ3) is 4.11. The number of hydrogen-bond acceptors (Lipinski definition) is 5. The first-order chi connectivity index (χ1) is 9.49. The predicted molar refractivity (Wildman–Crippen MR) is 82.0 cm³/mol. The minimum Gasteiger partial charge on any atom is -0.319 e. The molecule has 0 aliphatic rings. The summed E-state index contributed by atoms with van der Waals surface area (Å²) in [5.74, 6) is -0.211. The topological polar surface area (TPSA) is 85.1 Å². The second-order valence-corrected chi connectivity index (χ2v) is 7.19. The van der Waals surface area contributed by atoms with Gasteiger partial charge in [0, 0.05) is 10.4 Å². The van der Waals surface area contributed by atoms with Crippen LogP contribution < -0.4 is 10.5 Å². The van der Waals surface area contributed by atoms with Gasteiger partial charge in [-0.1, -0.05) is 30.3 Å². The molecular formula is C13H17N3O2S2. The fourth-order valence-corrected chi connectivity index (χ4v) is 3.89. The molecule has 0 saturated heterocycles. The van der Waals surface area contributed by atoms with Crippen molar-refractivity contribution in [1.29, 1.82) is 0 Å². The molecule has 7 heteroatoms. The van der Waals surface area contributed by atoms with Crippen LogP contribution in [0.4, 0.5) is 0 Å². The lowest BCUT2D eigenvalue weighted by atomic mass is 10.1. The molecule has 0 aliphatic heterocycles. The van der Waals surface area contributed by atoms with Gasteiger partial charge in [0.25, 0.3) is 0 Å². The van der Waals surface area contributed by atoms with E-state index < -0.39 is 10.0 Å². The van der Waals surface area contributed by atoms with Gasteiger partial charge in [-0.05, 0) is 20.0 Å². The fourth-order valence-electron chi connectivity index (χ4n) is 1.86. The Hall–Kier alpha value is -1.28. The zero-order chi connectivity index (χ0) is 14.6. The lowest BCUT2D eigenvalue weighted by molar-refractivity contribution is 0.597. The van der Waals surface area contributed by atoms with Crippen molar-refractivity contribution < 1.29 is 8.42 Å². The summed E-state index contributed by atoms with van der Waals surface area (Å²) in [7, 11) is -1.67. The van der Waals surface area contributed by atoms with Gasteiger partial charge in [-0.2, -0.15) is 0 Å². The molecule has 0 spiro atoms. The van der Waals surface area contributed by atoms with Crippen LogP contribution in [-0.4, -0.2) is 27.0 Å². The van der Waals surface area contributed by atoms with Crippen molar-refractivity contribution in [2.24, 2.45) is 5.14 Å². The van der Waals surface area contributed by atoms with Gasteiger partial charge < -0.3 is 5.32 Å². The van der Waals surface area contributed by atoms with Crippen LogP contribution in [0.1, 0.15) is 9.88 Å². The summed E-state index contributed by atoms with van der Waals surface area (Å²) < 4.78 is 22.4. The second-order valence-electron chi connectivity index (χ2n) is 4.41. The number of rotatable bonds is 6. The largest absolute Gasteiger partial charge is 0.319 e. The van der Waals surface area contributed by atoms with Gasteiger partial charge in [0.2, 0.25) is 10.0 Å². The maximum atomic E-state index is 11.2. The molecule has 0 saturated carbocycles. The molecule has 0 atom stereocenters. The smallest absolute Gasteiger partial charge is 0.215 e. The standard InChI is InChI=1S/C13H17N3O2S2/c1-15-8-7-11-13(10-5-3-2-4-6-10)16-12(19-11)9-20(14,17)18/h2-6,15H,7-9H2,1H3,(H2,14,17,18). The Kier molecular flexibility index (Phi) is 4.87. The van der Waals surface area contributed by atoms with Crippen molar-refractivity contribution in [3.63, 3.8) is 0 Å². The molecule has 0 fully saturated rings. The van der Waals surface area contributed by atoms with Gasteiger partial charge in [0.05, 0.1) is 5.69 Å². The minimum atomic E-state index is -3.55. The summed E-state index contributed by atoms with van der Waals surface area (Å²) in [5.41, 5.74) is 1.85. The molecule has 1 heterocycles. The SMILES string of the molecule is CNCCc1sc(CS(N)(=O)=O)nc1-c1ccccc1. The highest BCUT2D eigenvalue weighted by Crippen LogP contribution is 2.29. The quantitative estimate of drug-likeness (QED) is 0.843. The van der Waals surface area contributed by atoms with Gasteiger partial charge in [-0.3, -0.25) is 0 Å². The molecule has 3 N–H and O–H groups in total. The number of nitrogens with zero attached hydrogens (tertiary/aromatic N) is 1. The van der Waals surface area contributed by atoms with E-state index in [9.17, 15) is 8.42 Å². The van der Waals surface area contributed by atoms with Gasteiger partial charge in [-0.15, -0.1) is 11.3 Å². The predicted octanol–water partition coefficient (Wildman–Crippen LogP) is 1.36. The van der Waals surface area contributed by atoms with Crippen LogP contribution in [-0.2, 0) is 22.2 Å². The zero-order valence-electron chi connectivity index (χ0n) is 11.2. The third-order valence-corrected chi connectivity index (χ3v) is 4.69. The number of aromatic nitrogens is 1. The number of sulfonamides is 1. The Morgan fingerprint density at radius 2 is 2.00 bits per heavy atom. The highest BCUT2D eigenvalue weighted by molar-refractivity contribution is 7.88. The van der Waals surface area contributed by atoms with E-state index in [1.807, 2.05) is 37.4 Å². The van der Waals surface area contributed by atoms with Crippen molar-refractivity contribution in [3.8, 4) is 11.3 Å². The maximum Gasteiger partial charge on any atom is 0.215 e. The van der Waals surface area contributed by atoms with Crippen LogP contribution in [0.3, 0.4) is 0 Å². The Morgan fingerprint density at radius 3 is 2.60 bits per heavy atom. The van der Waals surface area contributed by atoms with Crippen LogP contribution in [0.5, 0.6) is 0 Å². The van der Waals surface area contributed by atoms with Gasteiger partial charge >= 0.3 is 0 Å². The fraction of sp³-hybridized carbons (Fsp3) is 0.308. The van der Waals surface area contributed by atoms with E-state index in [0.29, 0.717) is 5.01 Å². The summed E-state index contributed by atoms with van der Waals surface area (Å²) in [4.78, 5) is 5.52. The summed E-state index contributed by atoms with van der Waals surface area (Å²) in [5, 5.41) is 8.72. The van der Waals surface area contributed by atoms with E-state index in [1.165, 1.54) is 11.3 Å². The number of likely N-dealkylation sites (N-methyl/N-ethyl adjacent to an activating group) is 1. The van der Waals surface area contributed by atoms with Crippen LogP contribution >= 0.6 is 11.3 Å². The van der Waals surface area contributed by atoms with E-state index in [-0.39, 0.29) is 5.75 Å². The van der Waals surface area contributed by atoms with E-state index in [4.69, 9.17) is 5.14 Å². The number of primary sulfonamides is 1. The monoisotopic (exact) mass is 311 g/mol. The number of hydrogen-bond donors (Lipinski definition) is 2. The second kappa shape index (κ2) is 6.45. The molecule has 0 unspecified atom stereocenters. The molecule has 0 amide bonds. The van der Waals surface area contributed by atoms with Crippen molar-refractivity contribution in [2.75, 3.05) is 13.6 Å². The molecule has 0 radical (unpaired) electrons. The van der Waals surface area contributed by atoms with Crippen LogP contribution in [0.2, 0.25) is 0 Å². The molecule has 1 aromatic heterocycles. The first-order valence-corrected chi connectivity index (χ1v) is 8.72. The number of thiazole rings is 1. The minimum absolute atomic E-state index is 0.211. The van der Waals surface area contributed by atoms with E-state index >= 15 is 0 Å². The van der Waals surface area contributed by atoms with Gasteiger partial charge in [0.1, 0.15) is 10.8 Å². The highest BCUT2D eigenvalue weighted by Gasteiger charge is 2.16. The molecule has 20 heavy (non-hydrogen) atoms. The van der Waals surface area contributed by atoms with E-state index in [1.54, 1.807) is 0 Å². The lowest BCUT2D eigenvalue weighted by Crippen LogP contribution is -2.14. The normalized spacial score (nSPS) is 11.7. The first-order valence-electron chi connectivity index (χ1n) is 6.18.